The third-order valence-corrected chi connectivity index (χ3v) is 6.03. The summed E-state index contributed by atoms with van der Waals surface area (Å²) in [5.41, 5.74) is 2.49. The molecule has 2 aromatic rings. The number of amides is 1. The van der Waals surface area contributed by atoms with Crippen LogP contribution in [0.15, 0.2) is 54.6 Å². The fourth-order valence-electron chi connectivity index (χ4n) is 4.25. The average Bonchev–Trinajstić information content (AvgIpc) is 3.16. The van der Waals surface area contributed by atoms with Gasteiger partial charge in [-0.3, -0.25) is 14.6 Å². The molecule has 0 spiro atoms. The van der Waals surface area contributed by atoms with Crippen LogP contribution in [0.25, 0.3) is 0 Å². The van der Waals surface area contributed by atoms with Crippen molar-refractivity contribution in [2.24, 2.45) is 0 Å². The van der Waals surface area contributed by atoms with Gasteiger partial charge < -0.3 is 10.2 Å². The smallest absolute Gasteiger partial charge is 0.234 e. The van der Waals surface area contributed by atoms with Crippen LogP contribution in [-0.4, -0.2) is 67.6 Å². The minimum absolute atomic E-state index is 0.146. The Morgan fingerprint density at radius 2 is 1.76 bits per heavy atom. The zero-order valence-electron chi connectivity index (χ0n) is 16.8. The van der Waals surface area contributed by atoms with Gasteiger partial charge in [0.05, 0.1) is 6.54 Å². The Morgan fingerprint density at radius 1 is 0.966 bits per heavy atom. The zero-order chi connectivity index (χ0) is 20.1. The molecule has 1 amide bonds. The summed E-state index contributed by atoms with van der Waals surface area (Å²) in [5.74, 6) is 0.146. The van der Waals surface area contributed by atoms with Gasteiger partial charge in [-0.05, 0) is 30.2 Å². The summed E-state index contributed by atoms with van der Waals surface area (Å²) in [6, 6.07) is 18.8. The third-order valence-electron chi connectivity index (χ3n) is 5.80. The number of piperazine rings is 1. The van der Waals surface area contributed by atoms with Gasteiger partial charge in [-0.1, -0.05) is 48.0 Å². The number of nitrogens with zero attached hydrogens (tertiary/aromatic N) is 3. The van der Waals surface area contributed by atoms with Gasteiger partial charge in [0.25, 0.3) is 0 Å². The van der Waals surface area contributed by atoms with E-state index in [4.69, 9.17) is 11.6 Å². The van der Waals surface area contributed by atoms with Crippen LogP contribution in [0.1, 0.15) is 12.0 Å². The number of benzene rings is 2. The van der Waals surface area contributed by atoms with Crippen molar-refractivity contribution in [1.29, 1.82) is 0 Å². The summed E-state index contributed by atoms with van der Waals surface area (Å²) in [6.07, 6.45) is 1.03. The van der Waals surface area contributed by atoms with Gasteiger partial charge in [0.1, 0.15) is 0 Å². The Kier molecular flexibility index (Phi) is 6.70. The minimum Gasteiger partial charge on any atom is -0.369 e. The SMILES string of the molecule is O=C(CN1CCN(c2cccc(Cl)c2)CC1)N[C@H]1CCN(Cc2ccccc2)C1. The van der Waals surface area contributed by atoms with Crippen molar-refractivity contribution in [1.82, 2.24) is 15.1 Å². The number of hydrogen-bond donors (Lipinski definition) is 1. The Labute approximate surface area is 178 Å². The van der Waals surface area contributed by atoms with Crippen LogP contribution in [0.3, 0.4) is 0 Å². The molecular weight excluding hydrogens is 384 g/mol. The Balaban J connectivity index is 1.18. The van der Waals surface area contributed by atoms with Crippen molar-refractivity contribution in [2.75, 3.05) is 50.7 Å². The number of hydrogen-bond acceptors (Lipinski definition) is 4. The first-order chi connectivity index (χ1) is 14.2. The van der Waals surface area contributed by atoms with E-state index in [2.05, 4.69) is 50.3 Å². The second-order valence-corrected chi connectivity index (χ2v) is 8.45. The van der Waals surface area contributed by atoms with Crippen molar-refractivity contribution in [3.63, 3.8) is 0 Å². The van der Waals surface area contributed by atoms with Crippen LogP contribution in [0.5, 0.6) is 0 Å². The lowest BCUT2D eigenvalue weighted by Gasteiger charge is -2.36. The second kappa shape index (κ2) is 9.61. The molecule has 0 aliphatic carbocycles. The number of halogens is 1. The molecule has 0 saturated carbocycles. The second-order valence-electron chi connectivity index (χ2n) is 8.02. The first-order valence-electron chi connectivity index (χ1n) is 10.4. The minimum atomic E-state index is 0.146. The molecule has 0 bridgehead atoms. The normalized spacial score (nSPS) is 20.7. The van der Waals surface area contributed by atoms with Crippen LogP contribution in [0, 0.1) is 0 Å². The first-order valence-corrected chi connectivity index (χ1v) is 10.8. The Bertz CT molecular complexity index is 808. The lowest BCUT2D eigenvalue weighted by molar-refractivity contribution is -0.122. The van der Waals surface area contributed by atoms with E-state index in [0.29, 0.717) is 6.54 Å². The Morgan fingerprint density at radius 3 is 2.52 bits per heavy atom. The van der Waals surface area contributed by atoms with E-state index in [1.807, 2.05) is 24.3 Å². The van der Waals surface area contributed by atoms with Gasteiger partial charge >= 0.3 is 0 Å². The maximum absolute atomic E-state index is 12.5. The van der Waals surface area contributed by atoms with E-state index in [-0.39, 0.29) is 11.9 Å². The van der Waals surface area contributed by atoms with Gasteiger partial charge in [-0.15, -0.1) is 0 Å². The van der Waals surface area contributed by atoms with E-state index >= 15 is 0 Å². The number of anilines is 1. The van der Waals surface area contributed by atoms with Gasteiger partial charge in [-0.25, -0.2) is 0 Å². The number of rotatable bonds is 6. The lowest BCUT2D eigenvalue weighted by atomic mass is 10.2. The molecule has 4 rings (SSSR count). The van der Waals surface area contributed by atoms with E-state index in [0.717, 1.165) is 62.9 Å². The van der Waals surface area contributed by atoms with Crippen molar-refractivity contribution >= 4 is 23.2 Å². The predicted molar refractivity (Wildman–Crippen MR) is 118 cm³/mol. The molecule has 2 aromatic carbocycles. The summed E-state index contributed by atoms with van der Waals surface area (Å²) in [4.78, 5) is 19.5. The van der Waals surface area contributed by atoms with Crippen LogP contribution in [0.4, 0.5) is 5.69 Å². The number of carbonyl (C=O) groups excluding carboxylic acids is 1. The highest BCUT2D eigenvalue weighted by molar-refractivity contribution is 6.30. The van der Waals surface area contributed by atoms with Crippen LogP contribution in [0.2, 0.25) is 5.02 Å². The van der Waals surface area contributed by atoms with Gasteiger partial charge in [0, 0.05) is 62.6 Å². The molecule has 6 heteroatoms. The first kappa shape index (κ1) is 20.2. The van der Waals surface area contributed by atoms with Crippen molar-refractivity contribution < 1.29 is 4.79 Å². The fourth-order valence-corrected chi connectivity index (χ4v) is 4.43. The van der Waals surface area contributed by atoms with E-state index in [1.165, 1.54) is 5.56 Å². The maximum atomic E-state index is 12.5. The predicted octanol–water partition coefficient (Wildman–Crippen LogP) is 2.85. The highest BCUT2D eigenvalue weighted by Gasteiger charge is 2.25. The molecule has 0 unspecified atom stereocenters. The third kappa shape index (κ3) is 5.72. The standard InChI is InChI=1S/C23H29ClN4O/c24-20-7-4-8-22(15-20)28-13-11-26(12-14-28)18-23(29)25-21-9-10-27(17-21)16-19-5-2-1-3-6-19/h1-8,15,21H,9-14,16-18H2,(H,25,29)/t21-/m0/s1. The van der Waals surface area contributed by atoms with Crippen molar-refractivity contribution in [3.8, 4) is 0 Å². The molecule has 2 aliphatic rings. The molecule has 1 N–H and O–H groups in total. The summed E-state index contributed by atoms with van der Waals surface area (Å²) < 4.78 is 0. The highest BCUT2D eigenvalue weighted by Crippen LogP contribution is 2.20. The average molecular weight is 413 g/mol. The molecule has 1 atom stereocenters. The monoisotopic (exact) mass is 412 g/mol. The topological polar surface area (TPSA) is 38.8 Å². The number of likely N-dealkylation sites (tertiary alicyclic amines) is 1. The summed E-state index contributed by atoms with van der Waals surface area (Å²) >= 11 is 6.10. The Hall–Kier alpha value is -2.08. The lowest BCUT2D eigenvalue weighted by Crippen LogP contribution is -2.50. The number of carbonyl (C=O) groups is 1. The zero-order valence-corrected chi connectivity index (χ0v) is 17.5. The molecule has 2 heterocycles. The molecule has 5 nitrogen and oxygen atoms in total. The summed E-state index contributed by atoms with van der Waals surface area (Å²) in [5, 5.41) is 4.00. The van der Waals surface area contributed by atoms with Crippen LogP contribution >= 0.6 is 11.6 Å². The molecule has 29 heavy (non-hydrogen) atoms. The quantitative estimate of drug-likeness (QED) is 0.791. The van der Waals surface area contributed by atoms with Gasteiger partial charge in [0.15, 0.2) is 0 Å². The van der Waals surface area contributed by atoms with E-state index in [1.54, 1.807) is 0 Å². The number of nitrogens with one attached hydrogen (secondary N) is 1. The van der Waals surface area contributed by atoms with E-state index < -0.39 is 0 Å². The summed E-state index contributed by atoms with van der Waals surface area (Å²) in [6.45, 7) is 7.04. The van der Waals surface area contributed by atoms with Gasteiger partial charge in [0.2, 0.25) is 5.91 Å². The van der Waals surface area contributed by atoms with Crippen LogP contribution in [-0.2, 0) is 11.3 Å². The highest BCUT2D eigenvalue weighted by atomic mass is 35.5. The molecule has 0 aromatic heterocycles. The molecule has 0 radical (unpaired) electrons. The molecule has 154 valence electrons. The molecular formula is C23H29ClN4O. The van der Waals surface area contributed by atoms with Gasteiger partial charge in [-0.2, -0.15) is 0 Å². The fraction of sp³-hybridized carbons (Fsp3) is 0.435. The van der Waals surface area contributed by atoms with Crippen molar-refractivity contribution in [3.05, 3.63) is 65.2 Å². The largest absolute Gasteiger partial charge is 0.369 e. The van der Waals surface area contributed by atoms with Crippen LogP contribution < -0.4 is 10.2 Å². The molecule has 2 fully saturated rings. The van der Waals surface area contributed by atoms with Crippen molar-refractivity contribution in [2.45, 2.75) is 19.0 Å². The van der Waals surface area contributed by atoms with E-state index in [9.17, 15) is 4.79 Å². The molecule has 2 aliphatic heterocycles. The molecule has 2 saturated heterocycles. The maximum Gasteiger partial charge on any atom is 0.234 e. The summed E-state index contributed by atoms with van der Waals surface area (Å²) in [7, 11) is 0.